The highest BCUT2D eigenvalue weighted by Crippen LogP contribution is 2.30. The van der Waals surface area contributed by atoms with Crippen LogP contribution in [0.3, 0.4) is 0 Å². The zero-order valence-electron chi connectivity index (χ0n) is 15.0. The van der Waals surface area contributed by atoms with Crippen molar-refractivity contribution in [3.63, 3.8) is 0 Å². The molecular weight excluding hydrogens is 399 g/mol. The van der Waals surface area contributed by atoms with Gasteiger partial charge in [-0.05, 0) is 34.7 Å². The lowest BCUT2D eigenvalue weighted by Crippen LogP contribution is -2.30. The van der Waals surface area contributed by atoms with Gasteiger partial charge in [-0.1, -0.05) is 42.5 Å². The van der Waals surface area contributed by atoms with E-state index in [1.165, 1.54) is 17.4 Å². The van der Waals surface area contributed by atoms with Crippen LogP contribution in [-0.4, -0.2) is 15.9 Å². The van der Waals surface area contributed by atoms with Crippen LogP contribution >= 0.6 is 11.3 Å². The Morgan fingerprint density at radius 1 is 1.07 bits per heavy atom. The fourth-order valence-corrected chi connectivity index (χ4v) is 3.83. The van der Waals surface area contributed by atoms with E-state index in [2.05, 4.69) is 15.3 Å². The van der Waals surface area contributed by atoms with Gasteiger partial charge in [0, 0.05) is 4.88 Å². The van der Waals surface area contributed by atoms with Gasteiger partial charge >= 0.3 is 6.18 Å². The highest BCUT2D eigenvalue weighted by molar-refractivity contribution is 7.10. The molecule has 2 aromatic heterocycles. The quantitative estimate of drug-likeness (QED) is 0.477. The zero-order valence-corrected chi connectivity index (χ0v) is 15.8. The van der Waals surface area contributed by atoms with Crippen LogP contribution < -0.4 is 5.32 Å². The average Bonchev–Trinajstić information content (AvgIpc) is 3.35. The molecule has 0 aliphatic rings. The van der Waals surface area contributed by atoms with Crippen molar-refractivity contribution >= 4 is 28.3 Å². The molecule has 0 bridgehead atoms. The van der Waals surface area contributed by atoms with Crippen molar-refractivity contribution in [1.29, 1.82) is 0 Å². The number of aromatic nitrogens is 2. The second kappa shape index (κ2) is 7.71. The predicted molar refractivity (Wildman–Crippen MR) is 106 cm³/mol. The lowest BCUT2D eigenvalue weighted by molar-refractivity contribution is -0.144. The number of hydrogen-bond acceptors (Lipinski definition) is 3. The number of H-pyrrole nitrogens is 1. The summed E-state index contributed by atoms with van der Waals surface area (Å²) in [7, 11) is 0. The lowest BCUT2D eigenvalue weighted by atomic mass is 9.98. The standard InChI is InChI=1S/C21H16F3N3OS/c22-21(23,24)20-25-16-9-8-14(11-17(16)26-20)19(13-5-2-1-3-6-13)27-18(28)12-15-7-4-10-29-15/h1-11,19H,12H2,(H,25,26)(H,27,28)/t19-/m1/s1. The fraction of sp³-hybridized carbons (Fsp3) is 0.143. The third kappa shape index (κ3) is 4.32. The molecule has 0 saturated carbocycles. The van der Waals surface area contributed by atoms with E-state index in [-0.39, 0.29) is 23.4 Å². The summed E-state index contributed by atoms with van der Waals surface area (Å²) in [5.74, 6) is -1.20. The van der Waals surface area contributed by atoms with Crippen LogP contribution in [0.25, 0.3) is 11.0 Å². The monoisotopic (exact) mass is 415 g/mol. The molecule has 4 rings (SSSR count). The normalized spacial score (nSPS) is 12.8. The van der Waals surface area contributed by atoms with E-state index < -0.39 is 18.0 Å². The molecule has 4 nitrogen and oxygen atoms in total. The molecule has 4 aromatic rings. The average molecular weight is 415 g/mol. The molecule has 8 heteroatoms. The minimum Gasteiger partial charge on any atom is -0.345 e. The van der Waals surface area contributed by atoms with E-state index in [4.69, 9.17) is 0 Å². The van der Waals surface area contributed by atoms with Crippen LogP contribution in [0, 0.1) is 0 Å². The highest BCUT2D eigenvalue weighted by Gasteiger charge is 2.34. The molecule has 0 aliphatic heterocycles. The molecule has 1 amide bonds. The van der Waals surface area contributed by atoms with Crippen molar-refractivity contribution in [2.75, 3.05) is 0 Å². The topological polar surface area (TPSA) is 57.8 Å². The number of benzene rings is 2. The van der Waals surface area contributed by atoms with Crippen LogP contribution in [0.2, 0.25) is 0 Å². The number of carbonyl (C=O) groups excluding carboxylic acids is 1. The number of aromatic amines is 1. The third-order valence-corrected chi connectivity index (χ3v) is 5.34. The number of alkyl halides is 3. The van der Waals surface area contributed by atoms with E-state index in [1.807, 2.05) is 47.8 Å². The summed E-state index contributed by atoms with van der Waals surface area (Å²) in [6, 6.07) is 17.4. The van der Waals surface area contributed by atoms with Gasteiger partial charge in [-0.3, -0.25) is 4.79 Å². The van der Waals surface area contributed by atoms with Gasteiger partial charge in [-0.15, -0.1) is 11.3 Å². The first kappa shape index (κ1) is 19.2. The molecule has 2 aromatic carbocycles. The number of nitrogens with zero attached hydrogens (tertiary/aromatic N) is 1. The Morgan fingerprint density at radius 2 is 1.86 bits per heavy atom. The lowest BCUT2D eigenvalue weighted by Gasteiger charge is -2.20. The number of thiophene rings is 1. The summed E-state index contributed by atoms with van der Waals surface area (Å²) in [6.07, 6.45) is -4.31. The molecule has 0 spiro atoms. The maximum Gasteiger partial charge on any atom is 0.449 e. The van der Waals surface area contributed by atoms with Gasteiger partial charge in [0.25, 0.3) is 0 Å². The second-order valence-electron chi connectivity index (χ2n) is 6.53. The number of halogens is 3. The van der Waals surface area contributed by atoms with Gasteiger partial charge in [0.05, 0.1) is 23.5 Å². The molecule has 29 heavy (non-hydrogen) atoms. The van der Waals surface area contributed by atoms with Gasteiger partial charge in [0.2, 0.25) is 11.7 Å². The Kier molecular flexibility index (Phi) is 5.10. The summed E-state index contributed by atoms with van der Waals surface area (Å²) in [5.41, 5.74) is 1.99. The van der Waals surface area contributed by atoms with E-state index >= 15 is 0 Å². The van der Waals surface area contributed by atoms with Gasteiger partial charge in [0.15, 0.2) is 0 Å². The van der Waals surface area contributed by atoms with Crippen LogP contribution in [0.1, 0.15) is 27.9 Å². The predicted octanol–water partition coefficient (Wildman–Crippen LogP) is 5.09. The molecule has 1 atom stereocenters. The number of carbonyl (C=O) groups is 1. The maximum atomic E-state index is 13.0. The molecular formula is C21H16F3N3OS. The van der Waals surface area contributed by atoms with Gasteiger partial charge in [0.1, 0.15) is 0 Å². The van der Waals surface area contributed by atoms with Crippen molar-refractivity contribution in [1.82, 2.24) is 15.3 Å². The largest absolute Gasteiger partial charge is 0.449 e. The molecule has 0 saturated heterocycles. The third-order valence-electron chi connectivity index (χ3n) is 4.46. The Labute approximate surface area is 168 Å². The molecule has 0 fully saturated rings. The summed E-state index contributed by atoms with van der Waals surface area (Å²) < 4.78 is 38.9. The van der Waals surface area contributed by atoms with Crippen molar-refractivity contribution in [3.05, 3.63) is 87.9 Å². The summed E-state index contributed by atoms with van der Waals surface area (Å²) in [5, 5.41) is 4.91. The van der Waals surface area contributed by atoms with Crippen molar-refractivity contribution in [2.24, 2.45) is 0 Å². The van der Waals surface area contributed by atoms with Crippen LogP contribution in [0.4, 0.5) is 13.2 Å². The maximum absolute atomic E-state index is 13.0. The summed E-state index contributed by atoms with van der Waals surface area (Å²) in [4.78, 5) is 19.5. The number of hydrogen-bond donors (Lipinski definition) is 2. The van der Waals surface area contributed by atoms with Gasteiger partial charge in [-0.2, -0.15) is 13.2 Å². The first-order chi connectivity index (χ1) is 13.9. The first-order valence-corrected chi connectivity index (χ1v) is 9.71. The SMILES string of the molecule is O=C(Cc1cccs1)N[C@H](c1ccccc1)c1ccc2nc(C(F)(F)F)[nH]c2c1. The minimum absolute atomic E-state index is 0.165. The molecule has 0 aliphatic carbocycles. The number of rotatable bonds is 5. The molecule has 0 unspecified atom stereocenters. The van der Waals surface area contributed by atoms with Crippen molar-refractivity contribution in [2.45, 2.75) is 18.6 Å². The smallest absolute Gasteiger partial charge is 0.345 e. The molecule has 2 heterocycles. The van der Waals surface area contributed by atoms with E-state index in [1.54, 1.807) is 12.1 Å². The molecule has 148 valence electrons. The number of nitrogens with one attached hydrogen (secondary N) is 2. The minimum atomic E-state index is -4.55. The van der Waals surface area contributed by atoms with Crippen molar-refractivity contribution < 1.29 is 18.0 Å². The van der Waals surface area contributed by atoms with E-state index in [0.29, 0.717) is 5.56 Å². The molecule has 0 radical (unpaired) electrons. The Morgan fingerprint density at radius 3 is 2.55 bits per heavy atom. The van der Waals surface area contributed by atoms with Crippen LogP contribution in [0.5, 0.6) is 0 Å². The van der Waals surface area contributed by atoms with Gasteiger partial charge in [-0.25, -0.2) is 4.98 Å². The Bertz CT molecular complexity index is 1120. The highest BCUT2D eigenvalue weighted by atomic mass is 32.1. The Hall–Kier alpha value is -3.13. The summed E-state index contributed by atoms with van der Waals surface area (Å²) >= 11 is 1.50. The van der Waals surface area contributed by atoms with E-state index in [9.17, 15) is 18.0 Å². The second-order valence-corrected chi connectivity index (χ2v) is 7.56. The molecule has 2 N–H and O–H groups in total. The van der Waals surface area contributed by atoms with E-state index in [0.717, 1.165) is 10.4 Å². The first-order valence-electron chi connectivity index (χ1n) is 8.84. The van der Waals surface area contributed by atoms with Crippen molar-refractivity contribution in [3.8, 4) is 0 Å². The number of fused-ring (bicyclic) bond motifs is 1. The fourth-order valence-electron chi connectivity index (χ4n) is 3.13. The zero-order chi connectivity index (χ0) is 20.4. The Balaban J connectivity index is 1.68. The van der Waals surface area contributed by atoms with Crippen LogP contribution in [0.15, 0.2) is 66.0 Å². The number of imidazole rings is 1. The summed E-state index contributed by atoms with van der Waals surface area (Å²) in [6.45, 7) is 0. The van der Waals surface area contributed by atoms with Gasteiger partial charge < -0.3 is 10.3 Å². The number of amides is 1. The van der Waals surface area contributed by atoms with Crippen LogP contribution in [-0.2, 0) is 17.4 Å².